The number of hydrogen-bond donors (Lipinski definition) is 0. The molecule has 2 fully saturated rings. The number of nitrogens with zero attached hydrogens (tertiary/aromatic N) is 4. The Balaban J connectivity index is 1.52. The van der Waals surface area contributed by atoms with E-state index in [1.54, 1.807) is 9.58 Å². The molecule has 8 nitrogen and oxygen atoms in total. The molecule has 0 bridgehead atoms. The molecule has 4 heterocycles. The Morgan fingerprint density at radius 2 is 1.67 bits per heavy atom. The minimum absolute atomic E-state index is 0.214. The highest BCUT2D eigenvalue weighted by Gasteiger charge is 2.38. The molecule has 0 aliphatic carbocycles. The molecule has 2 aromatic carbocycles. The molecule has 3 aliphatic rings. The van der Waals surface area contributed by atoms with Crippen molar-refractivity contribution in [1.82, 2.24) is 19.6 Å². The van der Waals surface area contributed by atoms with Crippen molar-refractivity contribution in [3.8, 4) is 16.9 Å². The number of aromatic nitrogens is 2. The summed E-state index contributed by atoms with van der Waals surface area (Å²) in [6.07, 6.45) is 3.50. The standard InChI is InChI=1S/C27H30N4O4S/c32-27(30-14-16-35-17-15-30)24-23-19-36(33,34)26-20(18-29-12-5-2-6-13-29)8-7-11-22(26)25(23)31(28-24)21-9-3-1-4-10-21/h1,3-4,7-11H,2,5-6,12-19H2. The molecule has 188 valence electrons. The molecule has 3 aliphatic heterocycles. The Bertz CT molecular complexity index is 1390. The van der Waals surface area contributed by atoms with Gasteiger partial charge in [0.2, 0.25) is 0 Å². The molecule has 9 heteroatoms. The van der Waals surface area contributed by atoms with E-state index in [1.807, 2.05) is 48.5 Å². The number of carbonyl (C=O) groups excluding carboxylic acids is 1. The number of fused-ring (bicyclic) bond motifs is 3. The van der Waals surface area contributed by atoms with Gasteiger partial charge < -0.3 is 9.64 Å². The lowest BCUT2D eigenvalue weighted by Crippen LogP contribution is -2.41. The third-order valence-corrected chi connectivity index (χ3v) is 9.10. The van der Waals surface area contributed by atoms with Crippen molar-refractivity contribution in [2.24, 2.45) is 0 Å². The topological polar surface area (TPSA) is 84.7 Å². The van der Waals surface area contributed by atoms with E-state index in [-0.39, 0.29) is 17.4 Å². The summed E-state index contributed by atoms with van der Waals surface area (Å²) >= 11 is 0. The molecule has 0 saturated carbocycles. The lowest BCUT2D eigenvalue weighted by molar-refractivity contribution is 0.0298. The number of rotatable bonds is 4. The predicted octanol–water partition coefficient (Wildman–Crippen LogP) is 3.28. The third-order valence-electron chi connectivity index (χ3n) is 7.32. The monoisotopic (exact) mass is 506 g/mol. The van der Waals surface area contributed by atoms with Crippen molar-refractivity contribution in [2.45, 2.75) is 36.5 Å². The average molecular weight is 507 g/mol. The van der Waals surface area contributed by atoms with Crippen LogP contribution in [0.15, 0.2) is 53.4 Å². The van der Waals surface area contributed by atoms with Crippen molar-refractivity contribution < 1.29 is 17.9 Å². The fraction of sp³-hybridized carbons (Fsp3) is 0.407. The minimum atomic E-state index is -3.67. The number of ether oxygens (including phenoxy) is 1. The van der Waals surface area contributed by atoms with E-state index in [4.69, 9.17) is 9.84 Å². The normalized spacial score (nSPS) is 19.5. The SMILES string of the molecule is O=C(c1nn(-c2ccccc2)c2c1CS(=O)(=O)c1c(CN3CCCCC3)cccc1-2)N1CCOCC1. The van der Waals surface area contributed by atoms with E-state index in [0.717, 1.165) is 37.2 Å². The van der Waals surface area contributed by atoms with Gasteiger partial charge in [0, 0.05) is 30.8 Å². The molecular weight excluding hydrogens is 476 g/mol. The second kappa shape index (κ2) is 9.46. The molecule has 3 aromatic rings. The molecule has 36 heavy (non-hydrogen) atoms. The second-order valence-electron chi connectivity index (χ2n) is 9.72. The van der Waals surface area contributed by atoms with Crippen LogP contribution in [-0.2, 0) is 26.9 Å². The van der Waals surface area contributed by atoms with Crippen molar-refractivity contribution in [3.63, 3.8) is 0 Å². The second-order valence-corrected chi connectivity index (χ2v) is 11.6. The lowest BCUT2D eigenvalue weighted by Gasteiger charge is -2.29. The smallest absolute Gasteiger partial charge is 0.274 e. The maximum atomic E-state index is 13.8. The van der Waals surface area contributed by atoms with E-state index < -0.39 is 9.84 Å². The van der Waals surface area contributed by atoms with E-state index >= 15 is 0 Å². The summed E-state index contributed by atoms with van der Waals surface area (Å²) in [6, 6.07) is 15.3. The summed E-state index contributed by atoms with van der Waals surface area (Å²) in [5.41, 5.74) is 3.64. The lowest BCUT2D eigenvalue weighted by atomic mass is 10.0. The van der Waals surface area contributed by atoms with Crippen LogP contribution in [0.4, 0.5) is 0 Å². The fourth-order valence-electron chi connectivity index (χ4n) is 5.59. The van der Waals surface area contributed by atoms with E-state index in [2.05, 4.69) is 4.90 Å². The van der Waals surface area contributed by atoms with Crippen molar-refractivity contribution in [2.75, 3.05) is 39.4 Å². The third kappa shape index (κ3) is 4.15. The molecule has 6 rings (SSSR count). The number of benzene rings is 2. The molecular formula is C27H30N4O4S. The summed E-state index contributed by atoms with van der Waals surface area (Å²) in [7, 11) is -3.67. The zero-order valence-corrected chi connectivity index (χ0v) is 21.0. The van der Waals surface area contributed by atoms with Crippen LogP contribution in [0.2, 0.25) is 0 Å². The molecule has 1 amide bonds. The maximum Gasteiger partial charge on any atom is 0.274 e. The molecule has 0 N–H and O–H groups in total. The Kier molecular flexibility index (Phi) is 6.15. The molecule has 2 saturated heterocycles. The van der Waals surface area contributed by atoms with Crippen molar-refractivity contribution in [3.05, 3.63) is 65.4 Å². The predicted molar refractivity (Wildman–Crippen MR) is 136 cm³/mol. The van der Waals surface area contributed by atoms with Crippen LogP contribution in [0.3, 0.4) is 0 Å². The van der Waals surface area contributed by atoms with Crippen LogP contribution in [0.25, 0.3) is 16.9 Å². The van der Waals surface area contributed by atoms with Gasteiger partial charge in [-0.3, -0.25) is 9.69 Å². The number of para-hydroxylation sites is 1. The molecule has 0 spiro atoms. The van der Waals surface area contributed by atoms with Gasteiger partial charge in [-0.2, -0.15) is 5.10 Å². The summed E-state index contributed by atoms with van der Waals surface area (Å²) in [4.78, 5) is 18.0. The van der Waals surface area contributed by atoms with Crippen LogP contribution in [0.1, 0.15) is 40.9 Å². The van der Waals surface area contributed by atoms with Crippen LogP contribution < -0.4 is 0 Å². The summed E-state index contributed by atoms with van der Waals surface area (Å²) in [5.74, 6) is -0.475. The van der Waals surface area contributed by atoms with E-state index in [1.165, 1.54) is 6.42 Å². The molecule has 0 unspecified atom stereocenters. The number of amides is 1. The zero-order valence-electron chi connectivity index (χ0n) is 20.2. The minimum Gasteiger partial charge on any atom is -0.378 e. The zero-order chi connectivity index (χ0) is 24.7. The Hall–Kier alpha value is -3.01. The van der Waals surface area contributed by atoms with Gasteiger partial charge in [0.25, 0.3) is 5.91 Å². The molecule has 1 aromatic heterocycles. The van der Waals surface area contributed by atoms with Crippen molar-refractivity contribution in [1.29, 1.82) is 0 Å². The number of piperidine rings is 1. The van der Waals surface area contributed by atoms with Gasteiger partial charge in [0.15, 0.2) is 15.5 Å². The summed E-state index contributed by atoms with van der Waals surface area (Å²) in [5, 5.41) is 4.76. The first-order valence-corrected chi connectivity index (χ1v) is 14.3. The Morgan fingerprint density at radius 3 is 2.42 bits per heavy atom. The van der Waals surface area contributed by atoms with E-state index in [9.17, 15) is 13.2 Å². The summed E-state index contributed by atoms with van der Waals surface area (Å²) in [6.45, 7) is 4.44. The number of hydrogen-bond acceptors (Lipinski definition) is 6. The van der Waals surface area contributed by atoms with Crippen LogP contribution in [-0.4, -0.2) is 73.3 Å². The maximum absolute atomic E-state index is 13.8. The number of likely N-dealkylation sites (tertiary alicyclic amines) is 1. The van der Waals surface area contributed by atoms with Crippen LogP contribution in [0.5, 0.6) is 0 Å². The highest BCUT2D eigenvalue weighted by atomic mass is 32.2. The fourth-order valence-corrected chi connectivity index (χ4v) is 7.42. The Morgan fingerprint density at radius 1 is 0.917 bits per heavy atom. The van der Waals surface area contributed by atoms with Gasteiger partial charge >= 0.3 is 0 Å². The van der Waals surface area contributed by atoms with Gasteiger partial charge in [0.05, 0.1) is 35.2 Å². The highest BCUT2D eigenvalue weighted by molar-refractivity contribution is 7.91. The molecule has 0 radical (unpaired) electrons. The van der Waals surface area contributed by atoms with Gasteiger partial charge in [-0.25, -0.2) is 13.1 Å². The number of carbonyl (C=O) groups is 1. The molecule has 0 atom stereocenters. The van der Waals surface area contributed by atoms with Gasteiger partial charge in [-0.1, -0.05) is 42.8 Å². The highest BCUT2D eigenvalue weighted by Crippen LogP contribution is 2.42. The van der Waals surface area contributed by atoms with Gasteiger partial charge in [0.1, 0.15) is 0 Å². The first-order chi connectivity index (χ1) is 17.5. The average Bonchev–Trinajstić information content (AvgIpc) is 3.28. The Labute approximate surface area is 211 Å². The largest absolute Gasteiger partial charge is 0.378 e. The van der Waals surface area contributed by atoms with Crippen LogP contribution >= 0.6 is 0 Å². The van der Waals surface area contributed by atoms with Crippen LogP contribution in [0, 0.1) is 0 Å². The quantitative estimate of drug-likeness (QED) is 0.540. The number of sulfone groups is 1. The first-order valence-electron chi connectivity index (χ1n) is 12.6. The first kappa shape index (κ1) is 23.4. The van der Waals surface area contributed by atoms with Crippen molar-refractivity contribution >= 4 is 15.7 Å². The van der Waals surface area contributed by atoms with Gasteiger partial charge in [-0.05, 0) is 43.6 Å². The van der Waals surface area contributed by atoms with Gasteiger partial charge in [-0.15, -0.1) is 0 Å². The van der Waals surface area contributed by atoms with E-state index in [0.29, 0.717) is 54.6 Å². The number of morpholine rings is 1. The summed E-state index contributed by atoms with van der Waals surface area (Å²) < 4.78 is 34.7.